The molecular weight excluding hydrogens is 174 g/mol. The van der Waals surface area contributed by atoms with Crippen molar-refractivity contribution in [1.82, 2.24) is 9.55 Å². The van der Waals surface area contributed by atoms with Crippen LogP contribution in [-0.4, -0.2) is 9.55 Å². The van der Waals surface area contributed by atoms with E-state index in [2.05, 4.69) is 4.98 Å². The van der Waals surface area contributed by atoms with Gasteiger partial charge in [0.05, 0.1) is 6.20 Å². The molecule has 0 aromatic carbocycles. The van der Waals surface area contributed by atoms with Gasteiger partial charge in [-0.15, -0.1) is 0 Å². The number of aryl methyl sites for hydroxylation is 1. The summed E-state index contributed by atoms with van der Waals surface area (Å²) in [7, 11) is 1.99. The zero-order valence-corrected chi connectivity index (χ0v) is 8.87. The molecule has 0 atom stereocenters. The molecule has 0 saturated heterocycles. The van der Waals surface area contributed by atoms with Gasteiger partial charge in [0.15, 0.2) is 5.95 Å². The number of aromatic nitrogens is 2. The smallest absolute Gasteiger partial charge is 0.200 e. The molecule has 1 aromatic rings. The van der Waals surface area contributed by atoms with E-state index < -0.39 is 0 Å². The molecule has 1 aromatic heterocycles. The van der Waals surface area contributed by atoms with Gasteiger partial charge in [0.1, 0.15) is 0 Å². The van der Waals surface area contributed by atoms with Crippen LogP contribution in [0.15, 0.2) is 6.20 Å². The summed E-state index contributed by atoms with van der Waals surface area (Å²) in [4.78, 5) is 4.10. The van der Waals surface area contributed by atoms with Gasteiger partial charge in [0.2, 0.25) is 0 Å². The van der Waals surface area contributed by atoms with Gasteiger partial charge in [-0.1, -0.05) is 25.7 Å². The normalized spacial score (nSPS) is 17.8. The molecule has 1 saturated carbocycles. The number of nitrogens with zero attached hydrogens (tertiary/aromatic N) is 2. The van der Waals surface area contributed by atoms with Gasteiger partial charge in [0.25, 0.3) is 0 Å². The molecule has 78 valence electrons. The van der Waals surface area contributed by atoms with Crippen molar-refractivity contribution in [1.29, 1.82) is 0 Å². The number of nitrogen functional groups attached to an aromatic ring is 1. The summed E-state index contributed by atoms with van der Waals surface area (Å²) in [5.41, 5.74) is 6.95. The van der Waals surface area contributed by atoms with Crippen molar-refractivity contribution < 1.29 is 0 Å². The van der Waals surface area contributed by atoms with E-state index in [4.69, 9.17) is 5.73 Å². The second kappa shape index (κ2) is 4.03. The Balaban J connectivity index is 1.88. The van der Waals surface area contributed by atoms with E-state index in [-0.39, 0.29) is 0 Å². The Morgan fingerprint density at radius 3 is 2.79 bits per heavy atom. The van der Waals surface area contributed by atoms with E-state index in [1.165, 1.54) is 37.8 Å². The number of hydrogen-bond donors (Lipinski definition) is 1. The molecular formula is C11H19N3. The molecule has 0 bridgehead atoms. The summed E-state index contributed by atoms with van der Waals surface area (Å²) in [6, 6.07) is 0. The first-order valence-corrected chi connectivity index (χ1v) is 5.53. The fourth-order valence-corrected chi connectivity index (χ4v) is 2.34. The molecule has 14 heavy (non-hydrogen) atoms. The monoisotopic (exact) mass is 193 g/mol. The summed E-state index contributed by atoms with van der Waals surface area (Å²) < 4.78 is 1.99. The van der Waals surface area contributed by atoms with E-state index in [1.54, 1.807) is 0 Å². The van der Waals surface area contributed by atoms with Crippen molar-refractivity contribution in [2.24, 2.45) is 13.0 Å². The first kappa shape index (κ1) is 9.56. The summed E-state index contributed by atoms with van der Waals surface area (Å²) >= 11 is 0. The van der Waals surface area contributed by atoms with Gasteiger partial charge in [-0.25, -0.2) is 4.98 Å². The van der Waals surface area contributed by atoms with Crippen LogP contribution in [0.4, 0.5) is 5.95 Å². The van der Waals surface area contributed by atoms with Gasteiger partial charge in [-0.2, -0.15) is 0 Å². The first-order chi connectivity index (χ1) is 6.77. The Labute approximate surface area is 85.3 Å². The van der Waals surface area contributed by atoms with E-state index in [0.29, 0.717) is 5.95 Å². The van der Waals surface area contributed by atoms with Crippen LogP contribution in [0.3, 0.4) is 0 Å². The Bertz CT molecular complexity index is 297. The van der Waals surface area contributed by atoms with Crippen molar-refractivity contribution in [2.75, 3.05) is 5.73 Å². The molecule has 1 fully saturated rings. The van der Waals surface area contributed by atoms with Crippen molar-refractivity contribution in [3.63, 3.8) is 0 Å². The van der Waals surface area contributed by atoms with Crippen molar-refractivity contribution in [3.05, 3.63) is 11.9 Å². The average molecular weight is 193 g/mol. The maximum absolute atomic E-state index is 5.68. The van der Waals surface area contributed by atoms with Crippen LogP contribution in [0.1, 0.15) is 37.8 Å². The van der Waals surface area contributed by atoms with Crippen LogP contribution in [0.2, 0.25) is 0 Å². The maximum atomic E-state index is 5.68. The van der Waals surface area contributed by atoms with Gasteiger partial charge in [-0.3, -0.25) is 0 Å². The highest BCUT2D eigenvalue weighted by Crippen LogP contribution is 2.28. The molecule has 0 radical (unpaired) electrons. The third-order valence-electron chi connectivity index (χ3n) is 3.40. The Morgan fingerprint density at radius 2 is 2.21 bits per heavy atom. The van der Waals surface area contributed by atoms with Crippen LogP contribution in [0.5, 0.6) is 0 Å². The van der Waals surface area contributed by atoms with Crippen LogP contribution in [-0.2, 0) is 13.5 Å². The Hall–Kier alpha value is -0.990. The van der Waals surface area contributed by atoms with Gasteiger partial charge in [-0.05, 0) is 18.8 Å². The highest BCUT2D eigenvalue weighted by atomic mass is 15.1. The second-order valence-corrected chi connectivity index (χ2v) is 4.36. The number of nitrogens with two attached hydrogens (primary N) is 1. The molecule has 0 aliphatic heterocycles. The lowest BCUT2D eigenvalue weighted by Gasteiger charge is -2.08. The van der Waals surface area contributed by atoms with Crippen LogP contribution < -0.4 is 5.73 Å². The number of hydrogen-bond acceptors (Lipinski definition) is 2. The van der Waals surface area contributed by atoms with Crippen LogP contribution in [0.25, 0.3) is 0 Å². The Kier molecular flexibility index (Phi) is 2.75. The maximum Gasteiger partial charge on any atom is 0.200 e. The quantitative estimate of drug-likeness (QED) is 0.799. The second-order valence-electron chi connectivity index (χ2n) is 4.36. The number of imidazole rings is 1. The minimum Gasteiger partial charge on any atom is -0.369 e. The zero-order chi connectivity index (χ0) is 9.97. The molecule has 0 amide bonds. The predicted molar refractivity (Wildman–Crippen MR) is 57.9 cm³/mol. The van der Waals surface area contributed by atoms with Gasteiger partial charge in [0, 0.05) is 12.7 Å². The largest absolute Gasteiger partial charge is 0.369 e. The lowest BCUT2D eigenvalue weighted by Crippen LogP contribution is -2.03. The van der Waals surface area contributed by atoms with Gasteiger partial charge < -0.3 is 10.3 Å². The molecule has 3 heteroatoms. The van der Waals surface area contributed by atoms with E-state index in [9.17, 15) is 0 Å². The molecule has 3 nitrogen and oxygen atoms in total. The third kappa shape index (κ3) is 1.91. The number of rotatable bonds is 3. The minimum atomic E-state index is 0.631. The fraction of sp³-hybridized carbons (Fsp3) is 0.727. The summed E-state index contributed by atoms with van der Waals surface area (Å²) in [5, 5.41) is 0. The molecule has 1 aliphatic rings. The third-order valence-corrected chi connectivity index (χ3v) is 3.40. The number of anilines is 1. The standard InChI is InChI=1S/C11H19N3/c1-14-10(8-13-11(14)12)7-6-9-4-2-3-5-9/h8-9H,2-7H2,1H3,(H2,12,13). The molecule has 2 rings (SSSR count). The molecule has 0 spiro atoms. The fourth-order valence-electron chi connectivity index (χ4n) is 2.34. The Morgan fingerprint density at radius 1 is 1.50 bits per heavy atom. The summed E-state index contributed by atoms with van der Waals surface area (Å²) in [5.74, 6) is 1.58. The average Bonchev–Trinajstić information content (AvgIpc) is 2.77. The zero-order valence-electron chi connectivity index (χ0n) is 8.87. The van der Waals surface area contributed by atoms with E-state index in [1.807, 2.05) is 17.8 Å². The van der Waals surface area contributed by atoms with Crippen molar-refractivity contribution in [3.8, 4) is 0 Å². The lowest BCUT2D eigenvalue weighted by atomic mass is 10.0. The van der Waals surface area contributed by atoms with Gasteiger partial charge >= 0.3 is 0 Å². The highest BCUT2D eigenvalue weighted by Gasteiger charge is 2.15. The summed E-state index contributed by atoms with van der Waals surface area (Å²) in [6.45, 7) is 0. The SMILES string of the molecule is Cn1c(CCC2CCCC2)cnc1N. The minimum absolute atomic E-state index is 0.631. The van der Waals surface area contributed by atoms with E-state index in [0.717, 1.165) is 12.3 Å². The molecule has 0 unspecified atom stereocenters. The first-order valence-electron chi connectivity index (χ1n) is 5.53. The molecule has 2 N–H and O–H groups in total. The predicted octanol–water partition coefficient (Wildman–Crippen LogP) is 2.13. The van der Waals surface area contributed by atoms with Crippen molar-refractivity contribution in [2.45, 2.75) is 38.5 Å². The molecule has 1 heterocycles. The lowest BCUT2D eigenvalue weighted by molar-refractivity contribution is 0.497. The topological polar surface area (TPSA) is 43.8 Å². The van der Waals surface area contributed by atoms with Crippen LogP contribution >= 0.6 is 0 Å². The van der Waals surface area contributed by atoms with Crippen LogP contribution in [0, 0.1) is 5.92 Å². The highest BCUT2D eigenvalue weighted by molar-refractivity contribution is 5.21. The van der Waals surface area contributed by atoms with Crippen molar-refractivity contribution >= 4 is 5.95 Å². The molecule has 1 aliphatic carbocycles. The summed E-state index contributed by atoms with van der Waals surface area (Å²) in [6.07, 6.45) is 10.0. The van der Waals surface area contributed by atoms with E-state index >= 15 is 0 Å².